The van der Waals surface area contributed by atoms with Gasteiger partial charge in [-0.15, -0.1) is 0 Å². The summed E-state index contributed by atoms with van der Waals surface area (Å²) in [5.41, 5.74) is 3.67. The quantitative estimate of drug-likeness (QED) is 0.571. The number of carbonyl (C=O) groups excluding carboxylic acids is 1. The van der Waals surface area contributed by atoms with Crippen LogP contribution < -0.4 is 5.32 Å². The fraction of sp³-hybridized carbons (Fsp3) is 0.304. The van der Waals surface area contributed by atoms with Crippen LogP contribution in [0.25, 0.3) is 16.9 Å². The van der Waals surface area contributed by atoms with Gasteiger partial charge < -0.3 is 5.32 Å². The Morgan fingerprint density at radius 3 is 2.56 bits per heavy atom. The Kier molecular flexibility index (Phi) is 6.64. The lowest BCUT2D eigenvalue weighted by Crippen LogP contribution is -2.41. The third kappa shape index (κ3) is 5.56. The number of nitrogens with zero attached hydrogens (tertiary/aromatic N) is 3. The van der Waals surface area contributed by atoms with Gasteiger partial charge in [0.15, 0.2) is 9.84 Å². The minimum Gasteiger partial charge on any atom is -0.351 e. The van der Waals surface area contributed by atoms with E-state index >= 15 is 0 Å². The van der Waals surface area contributed by atoms with E-state index in [0.29, 0.717) is 18.0 Å². The van der Waals surface area contributed by atoms with Crippen LogP contribution in [0.5, 0.6) is 0 Å². The van der Waals surface area contributed by atoms with E-state index in [4.69, 9.17) is 16.7 Å². The second kappa shape index (κ2) is 9.44. The van der Waals surface area contributed by atoms with Crippen LogP contribution in [0.2, 0.25) is 5.02 Å². The highest BCUT2D eigenvalue weighted by molar-refractivity contribution is 7.91. The van der Waals surface area contributed by atoms with E-state index in [0.717, 1.165) is 22.5 Å². The summed E-state index contributed by atoms with van der Waals surface area (Å²) in [6, 6.07) is 17.0. The van der Waals surface area contributed by atoms with Gasteiger partial charge in [0.25, 0.3) is 0 Å². The summed E-state index contributed by atoms with van der Waals surface area (Å²) in [6.07, 6.45) is 2.44. The molecule has 0 saturated carbocycles. The van der Waals surface area contributed by atoms with Gasteiger partial charge in [-0.05, 0) is 37.7 Å². The number of sulfone groups is 1. The van der Waals surface area contributed by atoms with Crippen molar-refractivity contribution < 1.29 is 13.2 Å². The Labute approximate surface area is 192 Å². The van der Waals surface area contributed by atoms with Crippen LogP contribution in [-0.2, 0) is 21.2 Å². The fourth-order valence-corrected chi connectivity index (χ4v) is 5.66. The zero-order chi connectivity index (χ0) is 22.7. The molecular weight excluding hydrogens is 448 g/mol. The Bertz CT molecular complexity index is 1190. The fourth-order valence-electron chi connectivity index (χ4n) is 3.86. The van der Waals surface area contributed by atoms with Crippen LogP contribution in [0, 0.1) is 0 Å². The van der Waals surface area contributed by atoms with Crippen LogP contribution >= 0.6 is 11.6 Å². The molecule has 7 nitrogen and oxygen atoms in total. The number of para-hydroxylation sites is 1. The second-order valence-corrected chi connectivity index (χ2v) is 10.8. The number of hydrogen-bond acceptors (Lipinski definition) is 5. The summed E-state index contributed by atoms with van der Waals surface area (Å²) in [5.74, 6) is -0.0256. The first-order chi connectivity index (χ1) is 15.3. The molecule has 0 aliphatic carbocycles. The molecular formula is C23H25ClN4O3S. The van der Waals surface area contributed by atoms with Gasteiger partial charge in [-0.2, -0.15) is 5.10 Å². The Morgan fingerprint density at radius 2 is 1.91 bits per heavy atom. The molecule has 32 heavy (non-hydrogen) atoms. The molecule has 4 rings (SSSR count). The number of carbonyl (C=O) groups is 1. The number of benzene rings is 2. The van der Waals surface area contributed by atoms with Gasteiger partial charge >= 0.3 is 0 Å². The predicted molar refractivity (Wildman–Crippen MR) is 126 cm³/mol. The van der Waals surface area contributed by atoms with Crippen LogP contribution in [0.1, 0.15) is 12.0 Å². The number of amides is 1. The van der Waals surface area contributed by atoms with Gasteiger partial charge in [0, 0.05) is 34.9 Å². The second-order valence-electron chi connectivity index (χ2n) is 8.13. The largest absolute Gasteiger partial charge is 0.351 e. The number of halogens is 1. The minimum atomic E-state index is -3.03. The molecule has 168 valence electrons. The first-order valence-corrected chi connectivity index (χ1v) is 12.6. The lowest BCUT2D eigenvalue weighted by Gasteiger charge is -2.18. The number of aromatic nitrogens is 2. The highest BCUT2D eigenvalue weighted by Crippen LogP contribution is 2.26. The van der Waals surface area contributed by atoms with Crippen molar-refractivity contribution >= 4 is 27.3 Å². The van der Waals surface area contributed by atoms with Crippen LogP contribution in [0.15, 0.2) is 60.8 Å². The van der Waals surface area contributed by atoms with Crippen molar-refractivity contribution in [3.8, 4) is 16.9 Å². The summed E-state index contributed by atoms with van der Waals surface area (Å²) in [4.78, 5) is 14.3. The summed E-state index contributed by atoms with van der Waals surface area (Å²) in [5, 5.41) is 8.28. The molecule has 1 aliphatic heterocycles. The first-order valence-electron chi connectivity index (χ1n) is 10.4. The standard InChI is InChI=1S/C23H25ClN4O3S/c1-27(15-22(29)25-20-11-12-32(30,31)16-20)13-18-14-28(21-5-3-2-4-6-21)26-23(18)17-7-9-19(24)10-8-17/h2-10,14,20H,11-13,15-16H2,1H3,(H,25,29). The number of nitrogens with one attached hydrogen (secondary N) is 1. The molecule has 1 saturated heterocycles. The molecule has 1 fully saturated rings. The van der Waals surface area contributed by atoms with Gasteiger partial charge in [0.1, 0.15) is 0 Å². The third-order valence-corrected chi connectivity index (χ3v) is 7.40. The van der Waals surface area contributed by atoms with Gasteiger partial charge in [-0.3, -0.25) is 9.69 Å². The number of rotatable bonds is 7. The van der Waals surface area contributed by atoms with E-state index < -0.39 is 9.84 Å². The van der Waals surface area contributed by atoms with E-state index in [1.54, 1.807) is 0 Å². The van der Waals surface area contributed by atoms with E-state index in [2.05, 4.69) is 5.32 Å². The predicted octanol–water partition coefficient (Wildman–Crippen LogP) is 2.93. The molecule has 1 aliphatic rings. The lowest BCUT2D eigenvalue weighted by atomic mass is 10.1. The summed E-state index contributed by atoms with van der Waals surface area (Å²) >= 11 is 6.05. The van der Waals surface area contributed by atoms with E-state index in [1.165, 1.54) is 0 Å². The van der Waals surface area contributed by atoms with Crippen molar-refractivity contribution in [2.75, 3.05) is 25.1 Å². The SMILES string of the molecule is CN(CC(=O)NC1CCS(=O)(=O)C1)Cc1cn(-c2ccccc2)nc1-c1ccc(Cl)cc1. The monoisotopic (exact) mass is 472 g/mol. The molecule has 1 unspecified atom stereocenters. The van der Waals surface area contributed by atoms with Gasteiger partial charge in [0.2, 0.25) is 5.91 Å². The molecule has 2 heterocycles. The Morgan fingerprint density at radius 1 is 1.19 bits per heavy atom. The van der Waals surface area contributed by atoms with Crippen LogP contribution in [0.4, 0.5) is 0 Å². The van der Waals surface area contributed by atoms with E-state index in [-0.39, 0.29) is 30.0 Å². The summed E-state index contributed by atoms with van der Waals surface area (Å²) < 4.78 is 25.1. The third-order valence-electron chi connectivity index (χ3n) is 5.38. The molecule has 1 atom stereocenters. The van der Waals surface area contributed by atoms with E-state index in [1.807, 2.05) is 77.4 Å². The van der Waals surface area contributed by atoms with E-state index in [9.17, 15) is 13.2 Å². The maximum Gasteiger partial charge on any atom is 0.234 e. The van der Waals surface area contributed by atoms with Crippen molar-refractivity contribution in [2.24, 2.45) is 0 Å². The molecule has 1 N–H and O–H groups in total. The zero-order valence-electron chi connectivity index (χ0n) is 17.7. The van der Waals surface area contributed by atoms with Crippen LogP contribution in [-0.4, -0.2) is 60.1 Å². The van der Waals surface area contributed by atoms with Crippen LogP contribution in [0.3, 0.4) is 0 Å². The lowest BCUT2D eigenvalue weighted by molar-refractivity contribution is -0.122. The highest BCUT2D eigenvalue weighted by atomic mass is 35.5. The Balaban J connectivity index is 1.50. The average Bonchev–Trinajstić information content (AvgIpc) is 3.31. The minimum absolute atomic E-state index is 0.0208. The zero-order valence-corrected chi connectivity index (χ0v) is 19.3. The van der Waals surface area contributed by atoms with Gasteiger partial charge in [-0.25, -0.2) is 13.1 Å². The summed E-state index contributed by atoms with van der Waals surface area (Å²) in [6.45, 7) is 0.661. The number of likely N-dealkylation sites (N-methyl/N-ethyl adjacent to an activating group) is 1. The molecule has 0 radical (unpaired) electrons. The maximum atomic E-state index is 12.4. The molecule has 0 spiro atoms. The molecule has 3 aromatic rings. The van der Waals surface area contributed by atoms with Gasteiger partial charge in [-0.1, -0.05) is 41.9 Å². The average molecular weight is 473 g/mol. The normalized spacial score (nSPS) is 17.5. The van der Waals surface area contributed by atoms with Crippen molar-refractivity contribution in [3.63, 3.8) is 0 Å². The topological polar surface area (TPSA) is 84.3 Å². The van der Waals surface area contributed by atoms with Crippen molar-refractivity contribution in [1.29, 1.82) is 0 Å². The van der Waals surface area contributed by atoms with Crippen molar-refractivity contribution in [1.82, 2.24) is 20.0 Å². The molecule has 1 aromatic heterocycles. The van der Waals surface area contributed by atoms with Crippen molar-refractivity contribution in [2.45, 2.75) is 19.0 Å². The maximum absolute atomic E-state index is 12.4. The first kappa shape index (κ1) is 22.5. The smallest absolute Gasteiger partial charge is 0.234 e. The summed E-state index contributed by atoms with van der Waals surface area (Å²) in [7, 11) is -1.17. The molecule has 9 heteroatoms. The number of hydrogen-bond donors (Lipinski definition) is 1. The Hall–Kier alpha value is -2.68. The molecule has 1 amide bonds. The molecule has 0 bridgehead atoms. The van der Waals surface area contributed by atoms with Crippen molar-refractivity contribution in [3.05, 3.63) is 71.4 Å². The molecule has 2 aromatic carbocycles. The highest BCUT2D eigenvalue weighted by Gasteiger charge is 2.29. The van der Waals surface area contributed by atoms with Gasteiger partial charge in [0.05, 0.1) is 29.4 Å².